The molecular weight excluding hydrogens is 291 g/mol. The van der Waals surface area contributed by atoms with Gasteiger partial charge in [0.1, 0.15) is 0 Å². The number of hydrogen-bond donors (Lipinski definition) is 0. The lowest BCUT2D eigenvalue weighted by Crippen LogP contribution is -2.20. The van der Waals surface area contributed by atoms with Crippen LogP contribution in [0.25, 0.3) is 0 Å². The Morgan fingerprint density at radius 2 is 1.57 bits per heavy atom. The Kier molecular flexibility index (Phi) is 4.84. The van der Waals surface area contributed by atoms with E-state index < -0.39 is 0 Å². The molecule has 1 atom stereocenters. The minimum absolute atomic E-state index is 0.171. The van der Waals surface area contributed by atoms with E-state index in [0.29, 0.717) is 0 Å². The van der Waals surface area contributed by atoms with Crippen molar-refractivity contribution in [2.24, 2.45) is 0 Å². The Balaban J connectivity index is 2.77. The lowest BCUT2D eigenvalue weighted by molar-refractivity contribution is -0.115. The molecule has 2 nitrogen and oxygen atoms in total. The van der Waals surface area contributed by atoms with Crippen LogP contribution >= 0.6 is 22.6 Å². The van der Waals surface area contributed by atoms with Crippen molar-refractivity contribution in [1.82, 2.24) is 0 Å². The van der Waals surface area contributed by atoms with Crippen molar-refractivity contribution >= 4 is 22.6 Å². The van der Waals surface area contributed by atoms with E-state index >= 15 is 0 Å². The van der Waals surface area contributed by atoms with Crippen LogP contribution in [0.4, 0.5) is 0 Å². The summed E-state index contributed by atoms with van der Waals surface area (Å²) in [7, 11) is 3.33. The van der Waals surface area contributed by atoms with Crippen LogP contribution in [0.15, 0.2) is 24.3 Å². The van der Waals surface area contributed by atoms with Crippen LogP contribution in [0.1, 0.15) is 18.4 Å². The molecule has 1 unspecified atom stereocenters. The fraction of sp³-hybridized carbons (Fsp3) is 0.455. The Labute approximate surface area is 98.7 Å². The van der Waals surface area contributed by atoms with Gasteiger partial charge >= 0.3 is 0 Å². The molecule has 0 aromatic heterocycles. The molecule has 0 spiro atoms. The summed E-state index contributed by atoms with van der Waals surface area (Å²) in [6.07, 6.45) is -0.171. The van der Waals surface area contributed by atoms with Gasteiger partial charge < -0.3 is 9.47 Å². The fourth-order valence-corrected chi connectivity index (χ4v) is 1.79. The second-order valence-corrected chi connectivity index (χ2v) is 4.43. The smallest absolute Gasteiger partial charge is 0.163 e. The van der Waals surface area contributed by atoms with Crippen molar-refractivity contribution in [1.29, 1.82) is 0 Å². The maximum absolute atomic E-state index is 5.22. The summed E-state index contributed by atoms with van der Waals surface area (Å²) in [6, 6.07) is 8.40. The predicted octanol–water partition coefficient (Wildman–Crippen LogP) is 3.01. The van der Waals surface area contributed by atoms with Crippen LogP contribution in [-0.2, 0) is 9.47 Å². The van der Waals surface area contributed by atoms with Crippen LogP contribution in [0, 0.1) is 3.57 Å². The van der Waals surface area contributed by atoms with Gasteiger partial charge in [0.2, 0.25) is 0 Å². The number of ether oxygens (including phenoxy) is 2. The van der Waals surface area contributed by atoms with Gasteiger partial charge in [-0.05, 0) is 40.3 Å². The number of rotatable bonds is 4. The van der Waals surface area contributed by atoms with Crippen LogP contribution in [0.3, 0.4) is 0 Å². The van der Waals surface area contributed by atoms with Crippen molar-refractivity contribution in [3.8, 4) is 0 Å². The summed E-state index contributed by atoms with van der Waals surface area (Å²) >= 11 is 2.29. The fourth-order valence-electron chi connectivity index (χ4n) is 1.43. The number of hydrogen-bond acceptors (Lipinski definition) is 2. The first-order valence-corrected chi connectivity index (χ1v) is 5.58. The molecule has 0 aliphatic heterocycles. The highest BCUT2D eigenvalue weighted by Crippen LogP contribution is 2.22. The maximum Gasteiger partial charge on any atom is 0.163 e. The SMILES string of the molecule is COC(OC)C(C)c1ccc(I)cc1. The van der Waals surface area contributed by atoms with E-state index in [-0.39, 0.29) is 12.2 Å². The monoisotopic (exact) mass is 306 g/mol. The van der Waals surface area contributed by atoms with Gasteiger partial charge in [-0.1, -0.05) is 19.1 Å². The average Bonchev–Trinajstić information content (AvgIpc) is 2.20. The average molecular weight is 306 g/mol. The minimum atomic E-state index is -0.171. The standard InChI is InChI=1S/C11H15IO2/c1-8(11(13-2)14-3)9-4-6-10(12)7-5-9/h4-8,11H,1-3H3. The normalized spacial score (nSPS) is 13.2. The summed E-state index contributed by atoms with van der Waals surface area (Å²) < 4.78 is 11.7. The summed E-state index contributed by atoms with van der Waals surface area (Å²) in [4.78, 5) is 0. The zero-order chi connectivity index (χ0) is 10.6. The Morgan fingerprint density at radius 3 is 2.00 bits per heavy atom. The first kappa shape index (κ1) is 11.9. The maximum atomic E-state index is 5.22. The number of benzene rings is 1. The van der Waals surface area contributed by atoms with Crippen molar-refractivity contribution in [3.05, 3.63) is 33.4 Å². The zero-order valence-corrected chi connectivity index (χ0v) is 10.8. The van der Waals surface area contributed by atoms with E-state index in [9.17, 15) is 0 Å². The molecule has 14 heavy (non-hydrogen) atoms. The second-order valence-electron chi connectivity index (χ2n) is 3.18. The summed E-state index contributed by atoms with van der Waals surface area (Å²) in [5.74, 6) is 0.252. The van der Waals surface area contributed by atoms with Crippen molar-refractivity contribution < 1.29 is 9.47 Å². The van der Waals surface area contributed by atoms with E-state index in [4.69, 9.17) is 9.47 Å². The highest BCUT2D eigenvalue weighted by molar-refractivity contribution is 14.1. The van der Waals surface area contributed by atoms with E-state index in [1.807, 2.05) is 0 Å². The molecule has 0 saturated heterocycles. The molecule has 3 heteroatoms. The first-order chi connectivity index (χ1) is 6.69. The molecule has 0 radical (unpaired) electrons. The number of halogens is 1. The molecule has 78 valence electrons. The third kappa shape index (κ3) is 2.93. The van der Waals surface area contributed by atoms with E-state index in [1.165, 1.54) is 9.13 Å². The topological polar surface area (TPSA) is 18.5 Å². The third-order valence-corrected chi connectivity index (χ3v) is 2.99. The third-order valence-electron chi connectivity index (χ3n) is 2.27. The van der Waals surface area contributed by atoms with Gasteiger partial charge in [0.25, 0.3) is 0 Å². The lowest BCUT2D eigenvalue weighted by Gasteiger charge is -2.21. The molecule has 0 fully saturated rings. The van der Waals surface area contributed by atoms with Crippen LogP contribution in [0.5, 0.6) is 0 Å². The van der Waals surface area contributed by atoms with Crippen LogP contribution in [-0.4, -0.2) is 20.5 Å². The largest absolute Gasteiger partial charge is 0.355 e. The highest BCUT2D eigenvalue weighted by atomic mass is 127. The molecule has 0 heterocycles. The molecule has 0 saturated carbocycles. The molecule has 0 amide bonds. The van der Waals surface area contributed by atoms with Gasteiger partial charge in [0, 0.05) is 23.7 Å². The van der Waals surface area contributed by atoms with Gasteiger partial charge in [-0.3, -0.25) is 0 Å². The Bertz CT molecular complexity index is 267. The molecule has 1 aromatic carbocycles. The summed E-state index contributed by atoms with van der Waals surface area (Å²) in [5, 5.41) is 0. The van der Waals surface area contributed by atoms with Crippen LogP contribution in [0.2, 0.25) is 0 Å². The van der Waals surface area contributed by atoms with E-state index in [1.54, 1.807) is 14.2 Å². The molecule has 1 rings (SSSR count). The van der Waals surface area contributed by atoms with Crippen molar-refractivity contribution in [2.45, 2.75) is 19.1 Å². The van der Waals surface area contributed by atoms with E-state index in [0.717, 1.165) is 0 Å². The predicted molar refractivity (Wildman–Crippen MR) is 65.4 cm³/mol. The molecule has 0 aliphatic rings. The first-order valence-electron chi connectivity index (χ1n) is 4.50. The van der Waals surface area contributed by atoms with Gasteiger partial charge in [0.15, 0.2) is 6.29 Å². The minimum Gasteiger partial charge on any atom is -0.355 e. The van der Waals surface area contributed by atoms with Gasteiger partial charge in [0.05, 0.1) is 0 Å². The van der Waals surface area contributed by atoms with Gasteiger partial charge in [-0.15, -0.1) is 0 Å². The van der Waals surface area contributed by atoms with Crippen molar-refractivity contribution in [2.75, 3.05) is 14.2 Å². The Morgan fingerprint density at radius 1 is 1.07 bits per heavy atom. The van der Waals surface area contributed by atoms with Crippen molar-refractivity contribution in [3.63, 3.8) is 0 Å². The second kappa shape index (κ2) is 5.68. The molecule has 0 aliphatic carbocycles. The molecular formula is C11H15IO2. The van der Waals surface area contributed by atoms with E-state index in [2.05, 4.69) is 53.8 Å². The van der Waals surface area contributed by atoms with Gasteiger partial charge in [-0.2, -0.15) is 0 Å². The van der Waals surface area contributed by atoms with Gasteiger partial charge in [-0.25, -0.2) is 0 Å². The molecule has 0 bridgehead atoms. The molecule has 0 N–H and O–H groups in total. The highest BCUT2D eigenvalue weighted by Gasteiger charge is 2.17. The summed E-state index contributed by atoms with van der Waals surface area (Å²) in [6.45, 7) is 2.10. The summed E-state index contributed by atoms with van der Waals surface area (Å²) in [5.41, 5.74) is 1.24. The zero-order valence-electron chi connectivity index (χ0n) is 8.66. The molecule has 1 aromatic rings. The quantitative estimate of drug-likeness (QED) is 0.629. The van der Waals surface area contributed by atoms with Crippen LogP contribution < -0.4 is 0 Å². The lowest BCUT2D eigenvalue weighted by atomic mass is 10.0. The number of methoxy groups -OCH3 is 2. The Hall–Kier alpha value is -0.130.